The molecule has 0 aromatic rings. The summed E-state index contributed by atoms with van der Waals surface area (Å²) in [7, 11) is 1.83. The molecule has 0 aromatic heterocycles. The Hall–Kier alpha value is -0.560. The van der Waals surface area contributed by atoms with Crippen LogP contribution in [-0.4, -0.2) is 12.7 Å². The second-order valence-electron chi connectivity index (χ2n) is 5.39. The molecule has 0 N–H and O–H groups in total. The zero-order chi connectivity index (χ0) is 11.1. The lowest BCUT2D eigenvalue weighted by Gasteiger charge is -2.27. The topological polar surface area (TPSA) is 9.23 Å². The van der Waals surface area contributed by atoms with Crippen molar-refractivity contribution < 1.29 is 4.74 Å². The highest BCUT2D eigenvalue weighted by molar-refractivity contribution is 5.31. The average molecular weight is 206 g/mol. The van der Waals surface area contributed by atoms with E-state index in [-0.39, 0.29) is 5.60 Å². The molecule has 2 unspecified atom stereocenters. The highest BCUT2D eigenvalue weighted by atomic mass is 16.5. The first-order chi connectivity index (χ1) is 7.06. The number of methoxy groups -OCH3 is 1. The van der Waals surface area contributed by atoms with Crippen molar-refractivity contribution in [1.82, 2.24) is 0 Å². The predicted molar refractivity (Wildman–Crippen MR) is 63.8 cm³/mol. The molecule has 84 valence electrons. The molecule has 0 aromatic carbocycles. The molecule has 0 amide bonds. The second-order valence-corrected chi connectivity index (χ2v) is 5.39. The van der Waals surface area contributed by atoms with Crippen molar-refractivity contribution in [3.05, 3.63) is 23.3 Å². The monoisotopic (exact) mass is 206 g/mol. The molecule has 0 heterocycles. The van der Waals surface area contributed by atoms with Gasteiger partial charge in [0.2, 0.25) is 0 Å². The summed E-state index contributed by atoms with van der Waals surface area (Å²) in [6.45, 7) is 8.79. The standard InChI is InChI=1S/C14H22O/c1-10-5-6-12-11(2)9-14(3,15-4)8-7-13(10)12/h12H,2,5-9H2,1,3-4H3. The number of allylic oxidation sites excluding steroid dienone is 2. The minimum atomic E-state index is 0.0225. The lowest BCUT2D eigenvalue weighted by Crippen LogP contribution is -2.26. The van der Waals surface area contributed by atoms with E-state index in [4.69, 9.17) is 4.74 Å². The molecule has 15 heavy (non-hydrogen) atoms. The van der Waals surface area contributed by atoms with Gasteiger partial charge in [-0.05, 0) is 46.0 Å². The summed E-state index contributed by atoms with van der Waals surface area (Å²) in [6.07, 6.45) is 5.96. The zero-order valence-electron chi connectivity index (χ0n) is 10.2. The molecule has 1 nitrogen and oxygen atoms in total. The van der Waals surface area contributed by atoms with E-state index in [9.17, 15) is 0 Å². The molecule has 1 heteroatoms. The molecule has 1 fully saturated rings. The van der Waals surface area contributed by atoms with E-state index in [0.29, 0.717) is 5.92 Å². The van der Waals surface area contributed by atoms with E-state index in [2.05, 4.69) is 20.4 Å². The lowest BCUT2D eigenvalue weighted by atomic mass is 9.90. The van der Waals surface area contributed by atoms with Crippen LogP contribution in [0.2, 0.25) is 0 Å². The Balaban J connectivity index is 2.26. The SMILES string of the molecule is C=C1CC(C)(OC)CCC2=C(C)CCC12. The van der Waals surface area contributed by atoms with Crippen molar-refractivity contribution in [1.29, 1.82) is 0 Å². The van der Waals surface area contributed by atoms with Crippen molar-refractivity contribution in [2.75, 3.05) is 7.11 Å². The summed E-state index contributed by atoms with van der Waals surface area (Å²) >= 11 is 0. The van der Waals surface area contributed by atoms with Gasteiger partial charge in [-0.15, -0.1) is 0 Å². The molecule has 0 bridgehead atoms. The number of rotatable bonds is 1. The number of hydrogen-bond acceptors (Lipinski definition) is 1. The fraction of sp³-hybridized carbons (Fsp3) is 0.714. The summed E-state index contributed by atoms with van der Waals surface area (Å²) in [6, 6.07) is 0. The largest absolute Gasteiger partial charge is 0.378 e. The minimum Gasteiger partial charge on any atom is -0.378 e. The Labute approximate surface area is 93.2 Å². The molecule has 1 saturated carbocycles. The van der Waals surface area contributed by atoms with Crippen molar-refractivity contribution >= 4 is 0 Å². The molecular weight excluding hydrogens is 184 g/mol. The van der Waals surface area contributed by atoms with Crippen molar-refractivity contribution in [2.45, 2.75) is 51.6 Å². The van der Waals surface area contributed by atoms with E-state index < -0.39 is 0 Å². The van der Waals surface area contributed by atoms with E-state index >= 15 is 0 Å². The van der Waals surface area contributed by atoms with Crippen LogP contribution in [0.15, 0.2) is 23.3 Å². The lowest BCUT2D eigenvalue weighted by molar-refractivity contribution is 0.00132. The minimum absolute atomic E-state index is 0.0225. The van der Waals surface area contributed by atoms with E-state index in [1.807, 2.05) is 7.11 Å². The van der Waals surface area contributed by atoms with Gasteiger partial charge in [0.15, 0.2) is 0 Å². The molecule has 0 radical (unpaired) electrons. The van der Waals surface area contributed by atoms with Gasteiger partial charge in [-0.3, -0.25) is 0 Å². The van der Waals surface area contributed by atoms with Gasteiger partial charge < -0.3 is 4.74 Å². The van der Waals surface area contributed by atoms with Gasteiger partial charge in [0.25, 0.3) is 0 Å². The van der Waals surface area contributed by atoms with Gasteiger partial charge in [-0.1, -0.05) is 23.3 Å². The quantitative estimate of drug-likeness (QED) is 0.592. The normalized spacial score (nSPS) is 36.7. The number of ether oxygens (including phenoxy) is 1. The average Bonchev–Trinajstić information content (AvgIpc) is 2.50. The van der Waals surface area contributed by atoms with E-state index in [1.165, 1.54) is 24.8 Å². The molecule has 2 rings (SSSR count). The van der Waals surface area contributed by atoms with Crippen LogP contribution in [0, 0.1) is 5.92 Å². The summed E-state index contributed by atoms with van der Waals surface area (Å²) in [5.41, 5.74) is 4.69. The van der Waals surface area contributed by atoms with Crippen LogP contribution >= 0.6 is 0 Å². The van der Waals surface area contributed by atoms with Crippen LogP contribution in [0.5, 0.6) is 0 Å². The van der Waals surface area contributed by atoms with Crippen molar-refractivity contribution in [2.24, 2.45) is 5.92 Å². The Morgan fingerprint density at radius 3 is 2.80 bits per heavy atom. The van der Waals surface area contributed by atoms with Gasteiger partial charge >= 0.3 is 0 Å². The van der Waals surface area contributed by atoms with Gasteiger partial charge in [-0.25, -0.2) is 0 Å². The molecule has 0 saturated heterocycles. The highest BCUT2D eigenvalue weighted by Gasteiger charge is 2.35. The highest BCUT2D eigenvalue weighted by Crippen LogP contribution is 2.45. The maximum atomic E-state index is 5.65. The Bertz CT molecular complexity index is 313. The van der Waals surface area contributed by atoms with Crippen molar-refractivity contribution in [3.8, 4) is 0 Å². The first-order valence-corrected chi connectivity index (χ1v) is 5.97. The third-order valence-electron chi connectivity index (χ3n) is 4.29. The molecule has 2 atom stereocenters. The Morgan fingerprint density at radius 2 is 2.13 bits per heavy atom. The van der Waals surface area contributed by atoms with Gasteiger partial charge in [-0.2, -0.15) is 0 Å². The second kappa shape index (κ2) is 3.79. The van der Waals surface area contributed by atoms with E-state index in [0.717, 1.165) is 12.8 Å². The molecule has 2 aliphatic carbocycles. The van der Waals surface area contributed by atoms with Crippen LogP contribution in [0.1, 0.15) is 46.0 Å². The summed E-state index contributed by atoms with van der Waals surface area (Å²) < 4.78 is 5.65. The van der Waals surface area contributed by atoms with Crippen LogP contribution in [0.25, 0.3) is 0 Å². The van der Waals surface area contributed by atoms with Crippen molar-refractivity contribution in [3.63, 3.8) is 0 Å². The summed E-state index contributed by atoms with van der Waals surface area (Å²) in [5, 5.41) is 0. The number of fused-ring (bicyclic) bond motifs is 1. The third-order valence-corrected chi connectivity index (χ3v) is 4.29. The Kier molecular flexibility index (Phi) is 2.76. The zero-order valence-corrected chi connectivity index (χ0v) is 10.2. The van der Waals surface area contributed by atoms with Crippen LogP contribution in [-0.2, 0) is 4.74 Å². The van der Waals surface area contributed by atoms with Crippen LogP contribution < -0.4 is 0 Å². The first kappa shape index (κ1) is 10.9. The maximum absolute atomic E-state index is 5.65. The fourth-order valence-corrected chi connectivity index (χ4v) is 3.10. The summed E-state index contributed by atoms with van der Waals surface area (Å²) in [4.78, 5) is 0. The maximum Gasteiger partial charge on any atom is 0.0690 e. The molecular formula is C14H22O. The van der Waals surface area contributed by atoms with Crippen LogP contribution in [0.4, 0.5) is 0 Å². The van der Waals surface area contributed by atoms with E-state index in [1.54, 1.807) is 11.1 Å². The molecule has 0 spiro atoms. The Morgan fingerprint density at radius 1 is 1.40 bits per heavy atom. The number of hydrogen-bond donors (Lipinski definition) is 0. The molecule has 2 aliphatic rings. The van der Waals surface area contributed by atoms with Crippen LogP contribution in [0.3, 0.4) is 0 Å². The van der Waals surface area contributed by atoms with Gasteiger partial charge in [0, 0.05) is 13.0 Å². The third kappa shape index (κ3) is 1.90. The molecule has 0 aliphatic heterocycles. The smallest absolute Gasteiger partial charge is 0.0690 e. The fourth-order valence-electron chi connectivity index (χ4n) is 3.10. The predicted octanol–water partition coefficient (Wildman–Crippen LogP) is 3.86. The first-order valence-electron chi connectivity index (χ1n) is 5.97. The summed E-state index contributed by atoms with van der Waals surface area (Å²) in [5.74, 6) is 0.668. The van der Waals surface area contributed by atoms with Gasteiger partial charge in [0.05, 0.1) is 5.60 Å². The van der Waals surface area contributed by atoms with Gasteiger partial charge in [0.1, 0.15) is 0 Å².